The van der Waals surface area contributed by atoms with Gasteiger partial charge in [-0.3, -0.25) is 9.58 Å². The van der Waals surface area contributed by atoms with Crippen molar-refractivity contribution in [2.75, 3.05) is 33.4 Å². The van der Waals surface area contributed by atoms with Gasteiger partial charge < -0.3 is 10.5 Å². The molecule has 1 fully saturated rings. The Kier molecular flexibility index (Phi) is 5.36. The fourth-order valence-corrected chi connectivity index (χ4v) is 2.78. The van der Waals surface area contributed by atoms with E-state index in [-0.39, 0.29) is 6.04 Å². The van der Waals surface area contributed by atoms with Crippen LogP contribution in [0.25, 0.3) is 0 Å². The van der Waals surface area contributed by atoms with Crippen molar-refractivity contribution in [3.05, 3.63) is 18.0 Å². The molecular weight excluding hydrogens is 240 g/mol. The summed E-state index contributed by atoms with van der Waals surface area (Å²) in [6.45, 7) is 6.47. The van der Waals surface area contributed by atoms with E-state index >= 15 is 0 Å². The number of hydrogen-bond donors (Lipinski definition) is 1. The van der Waals surface area contributed by atoms with E-state index in [0.29, 0.717) is 12.5 Å². The van der Waals surface area contributed by atoms with Crippen molar-refractivity contribution in [3.63, 3.8) is 0 Å². The van der Waals surface area contributed by atoms with E-state index in [2.05, 4.69) is 30.2 Å². The highest BCUT2D eigenvalue weighted by Crippen LogP contribution is 2.21. The zero-order valence-electron chi connectivity index (χ0n) is 12.1. The van der Waals surface area contributed by atoms with E-state index in [0.717, 1.165) is 26.3 Å². The predicted molar refractivity (Wildman–Crippen MR) is 75.9 cm³/mol. The third kappa shape index (κ3) is 3.78. The van der Waals surface area contributed by atoms with Crippen molar-refractivity contribution in [1.29, 1.82) is 0 Å². The van der Waals surface area contributed by atoms with Crippen LogP contribution >= 0.6 is 0 Å². The molecule has 1 aliphatic rings. The minimum Gasteiger partial charge on any atom is -0.381 e. The Balaban J connectivity index is 1.95. The van der Waals surface area contributed by atoms with E-state index in [4.69, 9.17) is 10.5 Å². The molecule has 19 heavy (non-hydrogen) atoms. The first kappa shape index (κ1) is 14.5. The molecule has 0 amide bonds. The third-order valence-corrected chi connectivity index (χ3v) is 3.92. The van der Waals surface area contributed by atoms with E-state index in [1.807, 2.05) is 10.9 Å². The van der Waals surface area contributed by atoms with Crippen LogP contribution in [0.4, 0.5) is 0 Å². The summed E-state index contributed by atoms with van der Waals surface area (Å²) in [5.41, 5.74) is 7.16. The summed E-state index contributed by atoms with van der Waals surface area (Å²) in [6.07, 6.45) is 6.48. The summed E-state index contributed by atoms with van der Waals surface area (Å²) in [5, 5.41) is 4.34. The molecule has 0 bridgehead atoms. The summed E-state index contributed by atoms with van der Waals surface area (Å²) >= 11 is 0. The quantitative estimate of drug-likeness (QED) is 0.842. The summed E-state index contributed by atoms with van der Waals surface area (Å²) < 4.78 is 7.50. The standard InChI is InChI=1S/C14H26N4O/c1-3-18-10-13(8-16-18)14(7-15)17(2)9-12-5-4-6-19-11-12/h8,10,12,14H,3-7,9,11,15H2,1-2H3. The van der Waals surface area contributed by atoms with Crippen molar-refractivity contribution in [3.8, 4) is 0 Å². The summed E-state index contributed by atoms with van der Waals surface area (Å²) in [5.74, 6) is 0.633. The first-order valence-corrected chi connectivity index (χ1v) is 7.25. The minimum atomic E-state index is 0.252. The summed E-state index contributed by atoms with van der Waals surface area (Å²) in [6, 6.07) is 0.252. The average molecular weight is 266 g/mol. The first-order chi connectivity index (χ1) is 9.24. The van der Waals surface area contributed by atoms with Crippen molar-refractivity contribution in [2.24, 2.45) is 11.7 Å². The van der Waals surface area contributed by atoms with Crippen LogP contribution in [0.5, 0.6) is 0 Å². The number of rotatable bonds is 6. The predicted octanol–water partition coefficient (Wildman–Crippen LogP) is 1.26. The smallest absolute Gasteiger partial charge is 0.0538 e. The van der Waals surface area contributed by atoms with Gasteiger partial charge in [-0.15, -0.1) is 0 Å². The Morgan fingerprint density at radius 1 is 1.63 bits per heavy atom. The molecule has 2 atom stereocenters. The first-order valence-electron chi connectivity index (χ1n) is 7.25. The SMILES string of the molecule is CCn1cc(C(CN)N(C)CC2CCCOC2)cn1. The van der Waals surface area contributed by atoms with Crippen LogP contribution in [0.3, 0.4) is 0 Å². The Morgan fingerprint density at radius 2 is 2.47 bits per heavy atom. The zero-order chi connectivity index (χ0) is 13.7. The van der Waals surface area contributed by atoms with E-state index in [1.165, 1.54) is 18.4 Å². The maximum atomic E-state index is 5.95. The number of ether oxygens (including phenoxy) is 1. The molecule has 5 nitrogen and oxygen atoms in total. The van der Waals surface area contributed by atoms with E-state index in [9.17, 15) is 0 Å². The Bertz CT molecular complexity index is 373. The molecule has 5 heteroatoms. The Hall–Kier alpha value is -0.910. The molecule has 0 aliphatic carbocycles. The largest absolute Gasteiger partial charge is 0.381 e. The second kappa shape index (κ2) is 7.03. The number of nitrogens with two attached hydrogens (primary N) is 1. The van der Waals surface area contributed by atoms with Gasteiger partial charge in [0, 0.05) is 44.0 Å². The summed E-state index contributed by atoms with van der Waals surface area (Å²) in [7, 11) is 2.15. The second-order valence-corrected chi connectivity index (χ2v) is 5.40. The number of hydrogen-bond acceptors (Lipinski definition) is 4. The maximum absolute atomic E-state index is 5.95. The molecule has 0 radical (unpaired) electrons. The van der Waals surface area contributed by atoms with Gasteiger partial charge in [0.1, 0.15) is 0 Å². The van der Waals surface area contributed by atoms with Crippen LogP contribution < -0.4 is 5.73 Å². The third-order valence-electron chi connectivity index (χ3n) is 3.92. The minimum absolute atomic E-state index is 0.252. The van der Waals surface area contributed by atoms with Crippen LogP contribution in [-0.4, -0.2) is 48.0 Å². The van der Waals surface area contributed by atoms with Gasteiger partial charge in [0.15, 0.2) is 0 Å². The van der Waals surface area contributed by atoms with Gasteiger partial charge in [-0.25, -0.2) is 0 Å². The summed E-state index contributed by atoms with van der Waals surface area (Å²) in [4.78, 5) is 2.34. The second-order valence-electron chi connectivity index (χ2n) is 5.40. The molecule has 2 N–H and O–H groups in total. The molecule has 0 aromatic carbocycles. The fourth-order valence-electron chi connectivity index (χ4n) is 2.78. The van der Waals surface area contributed by atoms with E-state index in [1.54, 1.807) is 0 Å². The maximum Gasteiger partial charge on any atom is 0.0538 e. The van der Waals surface area contributed by atoms with Crippen molar-refractivity contribution in [1.82, 2.24) is 14.7 Å². The van der Waals surface area contributed by atoms with Crippen molar-refractivity contribution >= 4 is 0 Å². The monoisotopic (exact) mass is 266 g/mol. The highest BCUT2D eigenvalue weighted by Gasteiger charge is 2.22. The van der Waals surface area contributed by atoms with Crippen LogP contribution in [-0.2, 0) is 11.3 Å². The molecular formula is C14H26N4O. The zero-order valence-corrected chi connectivity index (χ0v) is 12.1. The topological polar surface area (TPSA) is 56.3 Å². The van der Waals surface area contributed by atoms with Crippen molar-refractivity contribution in [2.45, 2.75) is 32.4 Å². The lowest BCUT2D eigenvalue weighted by molar-refractivity contribution is 0.0365. The lowest BCUT2D eigenvalue weighted by Gasteiger charge is -2.31. The molecule has 108 valence electrons. The Morgan fingerprint density at radius 3 is 3.05 bits per heavy atom. The van der Waals surface area contributed by atoms with Gasteiger partial charge >= 0.3 is 0 Å². The van der Waals surface area contributed by atoms with Crippen molar-refractivity contribution < 1.29 is 4.74 Å². The van der Waals surface area contributed by atoms with Gasteiger partial charge in [0.05, 0.1) is 12.8 Å². The van der Waals surface area contributed by atoms with Crippen LogP contribution in [0.1, 0.15) is 31.4 Å². The lowest BCUT2D eigenvalue weighted by Crippen LogP contribution is -2.36. The molecule has 2 rings (SSSR count). The van der Waals surface area contributed by atoms with Gasteiger partial charge in [0.2, 0.25) is 0 Å². The van der Waals surface area contributed by atoms with E-state index < -0.39 is 0 Å². The van der Waals surface area contributed by atoms with Gasteiger partial charge in [-0.1, -0.05) is 0 Å². The van der Waals surface area contributed by atoms with Crippen LogP contribution in [0, 0.1) is 5.92 Å². The number of aryl methyl sites for hydroxylation is 1. The molecule has 0 spiro atoms. The molecule has 0 saturated carbocycles. The fraction of sp³-hybridized carbons (Fsp3) is 0.786. The molecule has 2 unspecified atom stereocenters. The number of likely N-dealkylation sites (N-methyl/N-ethyl adjacent to an activating group) is 1. The normalized spacial score (nSPS) is 21.8. The molecule has 1 aromatic rings. The van der Waals surface area contributed by atoms with Gasteiger partial charge in [-0.05, 0) is 32.7 Å². The van der Waals surface area contributed by atoms with Gasteiger partial charge in [-0.2, -0.15) is 5.10 Å². The Labute approximate surface area is 115 Å². The molecule has 1 aliphatic heterocycles. The number of nitrogens with zero attached hydrogens (tertiary/aromatic N) is 3. The van der Waals surface area contributed by atoms with Crippen LogP contribution in [0.2, 0.25) is 0 Å². The molecule has 1 saturated heterocycles. The molecule has 1 aromatic heterocycles. The van der Waals surface area contributed by atoms with Crippen LogP contribution in [0.15, 0.2) is 12.4 Å². The molecule has 2 heterocycles. The highest BCUT2D eigenvalue weighted by molar-refractivity contribution is 5.11. The highest BCUT2D eigenvalue weighted by atomic mass is 16.5. The number of aromatic nitrogens is 2. The average Bonchev–Trinajstić information content (AvgIpc) is 2.89. The van der Waals surface area contributed by atoms with Gasteiger partial charge in [0.25, 0.3) is 0 Å². The lowest BCUT2D eigenvalue weighted by atomic mass is 10.0.